The van der Waals surface area contributed by atoms with Crippen LogP contribution in [0, 0.1) is 0 Å². The van der Waals surface area contributed by atoms with E-state index in [1.54, 1.807) is 50.5 Å². The molecule has 0 aromatic heterocycles. The molecule has 14 nitrogen and oxygen atoms in total. The van der Waals surface area contributed by atoms with Crippen molar-refractivity contribution < 1.29 is 28.7 Å². The van der Waals surface area contributed by atoms with Crippen molar-refractivity contribution in [3.63, 3.8) is 0 Å². The van der Waals surface area contributed by atoms with Gasteiger partial charge < -0.3 is 52.5 Å². The Morgan fingerprint density at radius 2 is 1.49 bits per heavy atom. The lowest BCUT2D eigenvalue weighted by atomic mass is 9.93. The highest BCUT2D eigenvalue weighted by Crippen LogP contribution is 2.40. The maximum Gasteiger partial charge on any atom is 0.251 e. The molecule has 0 spiro atoms. The molecular weight excluding hydrogens is 773 g/mol. The molecule has 0 saturated carbocycles. The van der Waals surface area contributed by atoms with Crippen LogP contribution in [0.3, 0.4) is 0 Å². The van der Waals surface area contributed by atoms with Gasteiger partial charge in [-0.15, -0.1) is 0 Å². The first-order valence-electron chi connectivity index (χ1n) is 20.9. The maximum atomic E-state index is 14.4. The number of likely N-dealkylation sites (N-methyl/N-ethyl adjacent to an activating group) is 1. The van der Waals surface area contributed by atoms with Crippen molar-refractivity contribution in [1.29, 1.82) is 0 Å². The molecule has 4 atom stereocenters. The number of hydrogen-bond donors (Lipinski definition) is 6. The highest BCUT2D eigenvalue weighted by molar-refractivity contribution is 5.99. The molecule has 4 aromatic rings. The van der Waals surface area contributed by atoms with Gasteiger partial charge in [0.2, 0.25) is 17.7 Å². The molecule has 0 saturated heterocycles. The van der Waals surface area contributed by atoms with Crippen LogP contribution in [0.5, 0.6) is 11.5 Å². The second-order valence-electron chi connectivity index (χ2n) is 15.2. The van der Waals surface area contributed by atoms with Crippen molar-refractivity contribution in [2.75, 3.05) is 46.9 Å². The molecule has 1 heterocycles. The minimum atomic E-state index is -1.29. The zero-order valence-electron chi connectivity index (χ0n) is 35.6. The van der Waals surface area contributed by atoms with E-state index >= 15 is 0 Å². The summed E-state index contributed by atoms with van der Waals surface area (Å²) in [4.78, 5) is 61.4. The average Bonchev–Trinajstić information content (AvgIpc) is 3.27. The zero-order chi connectivity index (χ0) is 43.9. The van der Waals surface area contributed by atoms with E-state index in [9.17, 15) is 19.2 Å². The molecule has 4 amide bonds. The van der Waals surface area contributed by atoms with Crippen molar-refractivity contribution >= 4 is 29.8 Å². The van der Waals surface area contributed by atoms with Crippen LogP contribution in [-0.2, 0) is 27.2 Å². The Labute approximate surface area is 358 Å². The molecule has 1 aliphatic heterocycles. The van der Waals surface area contributed by atoms with Crippen molar-refractivity contribution in [1.82, 2.24) is 20.9 Å². The van der Waals surface area contributed by atoms with E-state index < -0.39 is 41.8 Å². The smallest absolute Gasteiger partial charge is 0.251 e. The Bertz CT molecular complexity index is 2140. The molecule has 324 valence electrons. The van der Waals surface area contributed by atoms with E-state index in [0.29, 0.717) is 46.6 Å². The summed E-state index contributed by atoms with van der Waals surface area (Å²) < 4.78 is 12.3. The molecular formula is C47H60N8O6. The summed E-state index contributed by atoms with van der Waals surface area (Å²) in [6.45, 7) is 4.47. The Morgan fingerprint density at radius 1 is 0.869 bits per heavy atom. The minimum Gasteiger partial charge on any atom is -0.492 e. The normalized spacial score (nSPS) is 17.1. The predicted molar refractivity (Wildman–Crippen MR) is 240 cm³/mol. The first-order valence-corrected chi connectivity index (χ1v) is 20.9. The Kier molecular flexibility index (Phi) is 17.0. The van der Waals surface area contributed by atoms with Gasteiger partial charge in [0.1, 0.15) is 42.8 Å². The van der Waals surface area contributed by atoms with E-state index in [-0.39, 0.29) is 38.9 Å². The third-order valence-electron chi connectivity index (χ3n) is 10.6. The molecule has 0 aliphatic carbocycles. The Balaban J connectivity index is 1.50. The van der Waals surface area contributed by atoms with Gasteiger partial charge in [0.25, 0.3) is 5.91 Å². The number of ether oxygens (including phenoxy) is 2. The van der Waals surface area contributed by atoms with Gasteiger partial charge in [0, 0.05) is 69.1 Å². The quantitative estimate of drug-likeness (QED) is 0.0849. The Hall–Kier alpha value is -6.09. The number of nitrogens with zero attached hydrogens (tertiary/aromatic N) is 2. The minimum absolute atomic E-state index is 0.210. The van der Waals surface area contributed by atoms with Gasteiger partial charge >= 0.3 is 0 Å². The van der Waals surface area contributed by atoms with Crippen LogP contribution in [-0.4, -0.2) is 99.8 Å². The molecule has 14 heteroatoms. The summed E-state index contributed by atoms with van der Waals surface area (Å²) in [6.07, 6.45) is 5.91. The van der Waals surface area contributed by atoms with Gasteiger partial charge in [-0.3, -0.25) is 19.2 Å². The highest BCUT2D eigenvalue weighted by Gasteiger charge is 2.35. The number of amides is 4. The summed E-state index contributed by atoms with van der Waals surface area (Å²) in [7, 11) is 3.13. The lowest BCUT2D eigenvalue weighted by Gasteiger charge is -2.32. The van der Waals surface area contributed by atoms with Gasteiger partial charge in [-0.1, -0.05) is 61.9 Å². The number of aliphatic imine (C=N–C) groups is 1. The second-order valence-corrected chi connectivity index (χ2v) is 15.2. The molecule has 9 N–H and O–H groups in total. The number of hydrogen-bond acceptors (Lipinski definition) is 10. The van der Waals surface area contributed by atoms with Gasteiger partial charge in [0.05, 0.1) is 0 Å². The number of carbonyl (C=O) groups is 4. The van der Waals surface area contributed by atoms with Gasteiger partial charge in [-0.2, -0.15) is 0 Å². The highest BCUT2D eigenvalue weighted by atomic mass is 16.5. The molecule has 1 aliphatic rings. The standard InChI is InChI=1S/C47H60N8O6/c1-5-6-7-31-8-11-33(12-9-31)34-13-15-35(16-14-34)45(57)54-40(29-50)47(59)55(4)43-36-17-19-42(61-25-22-49)39(28-36)38-27-32(10-18-41(38)60-24-21-48)26-37(20-23-51-3)53-44(56)30(2)52-46(43)58/h8-19,23,27-28,30,37,40,43H,5-7,20-22,24-26,29,48-50H2,1-4H3,(H,52,58)(H,53,56)(H,54,57)/b51-23-/t30-,37+,40-,43-/m0/s1. The van der Waals surface area contributed by atoms with Crippen molar-refractivity contribution in [2.45, 2.75) is 70.1 Å². The third kappa shape index (κ3) is 12.0. The SMILES string of the molecule is CCCCc1ccc(-c2ccc(C(=O)N[C@@H](CN)C(=O)N(C)[C@@H]3C(=O)N[C@@H](C)C(=O)N[C@H](C/C=N\C)Cc4ccc(OCCN)c(c4)-c4cc3ccc4OCCN)cc2)cc1. The number of nitrogens with two attached hydrogens (primary N) is 3. The number of unbranched alkanes of at least 4 members (excludes halogenated alkanes) is 1. The van der Waals surface area contributed by atoms with Crippen LogP contribution in [0.4, 0.5) is 0 Å². The fraction of sp³-hybridized carbons (Fsp3) is 0.383. The van der Waals surface area contributed by atoms with E-state index in [4.69, 9.17) is 26.7 Å². The summed E-state index contributed by atoms with van der Waals surface area (Å²) in [5.41, 5.74) is 23.9. The topological polar surface area (TPSA) is 216 Å². The monoisotopic (exact) mass is 832 g/mol. The summed E-state index contributed by atoms with van der Waals surface area (Å²) in [6, 6.07) is 22.6. The van der Waals surface area contributed by atoms with Crippen molar-refractivity contribution in [3.8, 4) is 33.8 Å². The molecule has 61 heavy (non-hydrogen) atoms. The van der Waals surface area contributed by atoms with Crippen LogP contribution in [0.1, 0.15) is 66.2 Å². The summed E-state index contributed by atoms with van der Waals surface area (Å²) >= 11 is 0. The fourth-order valence-corrected chi connectivity index (χ4v) is 7.27. The van der Waals surface area contributed by atoms with Gasteiger partial charge in [-0.05, 0) is 90.4 Å². The second kappa shape index (κ2) is 22.5. The van der Waals surface area contributed by atoms with E-state index in [0.717, 1.165) is 36.0 Å². The number of rotatable bonds is 17. The van der Waals surface area contributed by atoms with E-state index in [1.165, 1.54) is 17.5 Å². The van der Waals surface area contributed by atoms with Crippen LogP contribution >= 0.6 is 0 Å². The molecule has 0 radical (unpaired) electrons. The lowest BCUT2D eigenvalue weighted by Crippen LogP contribution is -2.55. The third-order valence-corrected chi connectivity index (χ3v) is 10.6. The van der Waals surface area contributed by atoms with Crippen molar-refractivity contribution in [3.05, 3.63) is 107 Å². The molecule has 4 bridgehead atoms. The van der Waals surface area contributed by atoms with Crippen LogP contribution in [0.15, 0.2) is 89.9 Å². The van der Waals surface area contributed by atoms with Crippen LogP contribution in [0.25, 0.3) is 22.3 Å². The number of aryl methyl sites for hydroxylation is 1. The molecule has 0 unspecified atom stereocenters. The number of benzene rings is 4. The summed E-state index contributed by atoms with van der Waals surface area (Å²) in [5.74, 6) is -1.17. The fourth-order valence-electron chi connectivity index (χ4n) is 7.27. The molecule has 5 rings (SSSR count). The zero-order valence-corrected chi connectivity index (χ0v) is 35.6. The Morgan fingerprint density at radius 3 is 2.10 bits per heavy atom. The molecule has 4 aromatic carbocycles. The lowest BCUT2D eigenvalue weighted by molar-refractivity contribution is -0.141. The maximum absolute atomic E-state index is 14.4. The summed E-state index contributed by atoms with van der Waals surface area (Å²) in [5, 5.41) is 8.65. The van der Waals surface area contributed by atoms with Crippen molar-refractivity contribution in [2.24, 2.45) is 22.2 Å². The largest absolute Gasteiger partial charge is 0.492 e. The van der Waals surface area contributed by atoms with E-state index in [2.05, 4.69) is 52.1 Å². The molecule has 0 fully saturated rings. The first-order chi connectivity index (χ1) is 29.5. The number of fused-ring (bicyclic) bond motifs is 5. The van der Waals surface area contributed by atoms with E-state index in [1.807, 2.05) is 30.3 Å². The first kappa shape index (κ1) is 46.0. The van der Waals surface area contributed by atoms with Crippen LogP contribution < -0.4 is 42.6 Å². The number of carbonyl (C=O) groups excluding carboxylic acids is 4. The van der Waals surface area contributed by atoms with Gasteiger partial charge in [-0.25, -0.2) is 0 Å². The van der Waals surface area contributed by atoms with Crippen LogP contribution in [0.2, 0.25) is 0 Å². The number of nitrogens with one attached hydrogen (secondary N) is 3. The average molecular weight is 833 g/mol. The predicted octanol–water partition coefficient (Wildman–Crippen LogP) is 3.93. The van der Waals surface area contributed by atoms with Gasteiger partial charge in [0.15, 0.2) is 0 Å².